The van der Waals surface area contributed by atoms with Crippen LogP contribution in [-0.4, -0.2) is 28.9 Å². The minimum Gasteiger partial charge on any atom is -0.507 e. The Balaban J connectivity index is 1.91. The van der Waals surface area contributed by atoms with Gasteiger partial charge >= 0.3 is 0 Å². The SMILES string of the molecule is COC1=CCC(c2cc(O)c3c(c2N)C(=O)c2c(O)ccc(N)c2C3=O)C=C1. The molecule has 0 bridgehead atoms. The third kappa shape index (κ3) is 2.36. The fraction of sp³-hybridized carbons (Fsp3) is 0.143. The number of carbonyl (C=O) groups is 2. The van der Waals surface area contributed by atoms with Crippen molar-refractivity contribution in [1.82, 2.24) is 0 Å². The van der Waals surface area contributed by atoms with Crippen LogP contribution in [0.1, 0.15) is 49.7 Å². The molecule has 6 N–H and O–H groups in total. The number of ether oxygens (including phenoxy) is 1. The Morgan fingerprint density at radius 2 is 1.68 bits per heavy atom. The molecule has 2 aromatic rings. The number of rotatable bonds is 2. The maximum atomic E-state index is 13.1. The summed E-state index contributed by atoms with van der Waals surface area (Å²) in [5.74, 6) is -1.48. The summed E-state index contributed by atoms with van der Waals surface area (Å²) in [6.45, 7) is 0. The maximum absolute atomic E-state index is 13.1. The third-order valence-corrected chi connectivity index (χ3v) is 5.20. The second-order valence-electron chi connectivity index (χ2n) is 6.74. The van der Waals surface area contributed by atoms with Crippen LogP contribution in [0.25, 0.3) is 0 Å². The van der Waals surface area contributed by atoms with Gasteiger partial charge in [-0.3, -0.25) is 9.59 Å². The molecule has 28 heavy (non-hydrogen) atoms. The van der Waals surface area contributed by atoms with E-state index in [1.54, 1.807) is 13.2 Å². The molecule has 142 valence electrons. The molecule has 2 aliphatic rings. The highest BCUT2D eigenvalue weighted by Gasteiger charge is 2.38. The van der Waals surface area contributed by atoms with Crippen molar-refractivity contribution in [2.75, 3.05) is 18.6 Å². The van der Waals surface area contributed by atoms with Gasteiger partial charge in [0.2, 0.25) is 11.6 Å². The normalized spacial score (nSPS) is 17.8. The summed E-state index contributed by atoms with van der Waals surface area (Å²) < 4.78 is 5.17. The first-order valence-corrected chi connectivity index (χ1v) is 8.63. The molecule has 0 spiro atoms. The predicted octanol–water partition coefficient (Wildman–Crippen LogP) is 2.61. The van der Waals surface area contributed by atoms with E-state index in [4.69, 9.17) is 16.2 Å². The summed E-state index contributed by atoms with van der Waals surface area (Å²) in [4.78, 5) is 26.1. The van der Waals surface area contributed by atoms with Crippen LogP contribution in [0.2, 0.25) is 0 Å². The number of anilines is 2. The van der Waals surface area contributed by atoms with Crippen LogP contribution in [0.3, 0.4) is 0 Å². The summed E-state index contributed by atoms with van der Waals surface area (Å²) in [6, 6.07) is 4.00. The number of fused-ring (bicyclic) bond motifs is 2. The molecular formula is C21H18N2O5. The van der Waals surface area contributed by atoms with Crippen molar-refractivity contribution in [3.8, 4) is 11.5 Å². The van der Waals surface area contributed by atoms with Crippen LogP contribution < -0.4 is 11.5 Å². The lowest BCUT2D eigenvalue weighted by Gasteiger charge is -2.25. The number of methoxy groups -OCH3 is 1. The molecule has 2 aromatic carbocycles. The van der Waals surface area contributed by atoms with Gasteiger partial charge in [-0.1, -0.05) is 6.08 Å². The lowest BCUT2D eigenvalue weighted by atomic mass is 9.78. The van der Waals surface area contributed by atoms with Gasteiger partial charge in [0.25, 0.3) is 0 Å². The number of hydrogen-bond acceptors (Lipinski definition) is 7. The molecule has 2 aliphatic carbocycles. The number of phenolic OH excluding ortho intramolecular Hbond substituents is 2. The molecule has 4 rings (SSSR count). The molecule has 0 saturated carbocycles. The van der Waals surface area contributed by atoms with Gasteiger partial charge in [0, 0.05) is 17.3 Å². The molecule has 1 unspecified atom stereocenters. The number of aromatic hydroxyl groups is 2. The fourth-order valence-electron chi connectivity index (χ4n) is 3.79. The summed E-state index contributed by atoms with van der Waals surface area (Å²) in [6.07, 6.45) is 6.06. The van der Waals surface area contributed by atoms with Crippen molar-refractivity contribution in [1.29, 1.82) is 0 Å². The molecule has 0 radical (unpaired) electrons. The molecule has 0 fully saturated rings. The Morgan fingerprint density at radius 1 is 1.00 bits per heavy atom. The zero-order valence-corrected chi connectivity index (χ0v) is 15.0. The van der Waals surface area contributed by atoms with Gasteiger partial charge in [-0.15, -0.1) is 0 Å². The Labute approximate surface area is 160 Å². The third-order valence-electron chi connectivity index (χ3n) is 5.20. The highest BCUT2D eigenvalue weighted by Crippen LogP contribution is 2.44. The van der Waals surface area contributed by atoms with E-state index < -0.39 is 11.6 Å². The zero-order valence-electron chi connectivity index (χ0n) is 15.0. The Morgan fingerprint density at radius 3 is 2.32 bits per heavy atom. The average molecular weight is 378 g/mol. The van der Waals surface area contributed by atoms with E-state index in [0.717, 1.165) is 0 Å². The maximum Gasteiger partial charge on any atom is 0.200 e. The van der Waals surface area contributed by atoms with Crippen LogP contribution in [0.4, 0.5) is 11.4 Å². The van der Waals surface area contributed by atoms with Crippen LogP contribution in [0.5, 0.6) is 11.5 Å². The molecular weight excluding hydrogens is 360 g/mol. The van der Waals surface area contributed by atoms with E-state index in [9.17, 15) is 19.8 Å². The number of nitrogens with two attached hydrogens (primary N) is 2. The highest BCUT2D eigenvalue weighted by molar-refractivity contribution is 6.33. The number of hydrogen-bond donors (Lipinski definition) is 4. The Kier molecular flexibility index (Phi) is 3.88. The summed E-state index contributed by atoms with van der Waals surface area (Å²) >= 11 is 0. The molecule has 0 amide bonds. The summed E-state index contributed by atoms with van der Waals surface area (Å²) in [7, 11) is 1.56. The lowest BCUT2D eigenvalue weighted by molar-refractivity contribution is 0.0975. The number of benzene rings is 2. The monoisotopic (exact) mass is 378 g/mol. The van der Waals surface area contributed by atoms with Crippen LogP contribution >= 0.6 is 0 Å². The van der Waals surface area contributed by atoms with E-state index in [2.05, 4.69) is 0 Å². The van der Waals surface area contributed by atoms with Crippen molar-refractivity contribution < 1.29 is 24.5 Å². The van der Waals surface area contributed by atoms with Gasteiger partial charge in [-0.2, -0.15) is 0 Å². The van der Waals surface area contributed by atoms with Crippen molar-refractivity contribution in [3.63, 3.8) is 0 Å². The first-order chi connectivity index (χ1) is 13.3. The summed E-state index contributed by atoms with van der Waals surface area (Å²) in [5.41, 5.74) is 12.2. The largest absolute Gasteiger partial charge is 0.507 e. The molecule has 7 nitrogen and oxygen atoms in total. The second kappa shape index (κ2) is 6.16. The molecule has 0 heterocycles. The van der Waals surface area contributed by atoms with E-state index in [0.29, 0.717) is 17.7 Å². The number of phenols is 2. The molecule has 0 aromatic heterocycles. The van der Waals surface area contributed by atoms with E-state index in [-0.39, 0.29) is 51.0 Å². The first kappa shape index (κ1) is 17.7. The molecule has 0 aliphatic heterocycles. The van der Waals surface area contributed by atoms with Gasteiger partial charge in [0.15, 0.2) is 0 Å². The van der Waals surface area contributed by atoms with Gasteiger partial charge in [0.1, 0.15) is 17.3 Å². The molecule has 0 saturated heterocycles. The predicted molar refractivity (Wildman–Crippen MR) is 103 cm³/mol. The Bertz CT molecular complexity index is 1110. The Hall–Kier alpha value is -3.74. The van der Waals surface area contributed by atoms with Gasteiger partial charge in [0.05, 0.1) is 29.4 Å². The lowest BCUT2D eigenvalue weighted by Crippen LogP contribution is -2.25. The van der Waals surface area contributed by atoms with Gasteiger partial charge in [-0.05, 0) is 42.3 Å². The topological polar surface area (TPSA) is 136 Å². The van der Waals surface area contributed by atoms with E-state index in [1.165, 1.54) is 18.2 Å². The zero-order chi connectivity index (χ0) is 20.2. The second-order valence-corrected chi connectivity index (χ2v) is 6.74. The molecule has 7 heteroatoms. The molecule has 1 atom stereocenters. The van der Waals surface area contributed by atoms with E-state index >= 15 is 0 Å². The minimum absolute atomic E-state index is 0.0475. The van der Waals surface area contributed by atoms with Crippen molar-refractivity contribution in [2.45, 2.75) is 12.3 Å². The summed E-state index contributed by atoms with van der Waals surface area (Å²) in [5, 5.41) is 20.7. The number of nitrogen functional groups attached to an aromatic ring is 2. The smallest absolute Gasteiger partial charge is 0.200 e. The van der Waals surface area contributed by atoms with Crippen LogP contribution in [0.15, 0.2) is 42.2 Å². The van der Waals surface area contributed by atoms with Gasteiger partial charge < -0.3 is 26.4 Å². The van der Waals surface area contributed by atoms with E-state index in [1.807, 2.05) is 12.2 Å². The van der Waals surface area contributed by atoms with Crippen molar-refractivity contribution >= 4 is 22.9 Å². The first-order valence-electron chi connectivity index (χ1n) is 8.63. The fourth-order valence-corrected chi connectivity index (χ4v) is 3.79. The van der Waals surface area contributed by atoms with Crippen molar-refractivity contribution in [3.05, 3.63) is 70.0 Å². The quantitative estimate of drug-likeness (QED) is 0.397. The van der Waals surface area contributed by atoms with Crippen LogP contribution in [-0.2, 0) is 4.74 Å². The highest BCUT2D eigenvalue weighted by atomic mass is 16.5. The number of ketones is 2. The van der Waals surface area contributed by atoms with Crippen molar-refractivity contribution in [2.24, 2.45) is 0 Å². The standard InChI is InChI=1S/C21H18N2O5/c1-28-10-4-2-9(3-5-10)11-8-14(25)17-18(19(11)23)21(27)16-13(24)7-6-12(22)15(16)20(17)26/h2,4-9,24-25H,3,22-23H2,1H3. The average Bonchev–Trinajstić information content (AvgIpc) is 2.69. The van der Waals surface area contributed by atoms with Gasteiger partial charge in [-0.25, -0.2) is 0 Å². The number of carbonyl (C=O) groups excluding carboxylic acids is 2. The minimum atomic E-state index is -0.644. The number of allylic oxidation sites excluding steroid dienone is 3. The van der Waals surface area contributed by atoms with Crippen LogP contribution in [0, 0.1) is 0 Å².